The minimum absolute atomic E-state index is 1.38. The van der Waals surface area contributed by atoms with Gasteiger partial charge in [0.1, 0.15) is 0 Å². The molecule has 2 nitrogen and oxygen atoms in total. The van der Waals surface area contributed by atoms with Gasteiger partial charge in [-0.15, -0.1) is 0 Å². The predicted molar refractivity (Wildman–Crippen MR) is 19.0 cm³/mol. The van der Waals surface area contributed by atoms with E-state index >= 15 is 0 Å². The van der Waals surface area contributed by atoms with Crippen LogP contribution in [0.4, 0.5) is 0 Å². The van der Waals surface area contributed by atoms with Gasteiger partial charge in [-0.2, -0.15) is 0 Å². The molecule has 4 heavy (non-hydrogen) atoms. The molecule has 0 aliphatic carbocycles. The lowest BCUT2D eigenvalue weighted by atomic mass is 10.2. The van der Waals surface area contributed by atoms with Crippen molar-refractivity contribution in [3.63, 3.8) is 0 Å². The molecule has 0 aromatic heterocycles. The van der Waals surface area contributed by atoms with E-state index in [4.69, 9.17) is 5.64 Å². The van der Waals surface area contributed by atoms with Gasteiger partial charge in [0.2, 0.25) is 0 Å². The van der Waals surface area contributed by atoms with Crippen molar-refractivity contribution >= 4 is 7.55 Å². The average molecular weight is 56.9 g/mol. The summed E-state index contributed by atoms with van der Waals surface area (Å²) in [7, 11) is 3.12. The van der Waals surface area contributed by atoms with Gasteiger partial charge in [0.25, 0.3) is 0 Å². The molecule has 3 heteroatoms. The highest BCUT2D eigenvalue weighted by atomic mass is 14.8. The molecule has 23 valence electrons. The van der Waals surface area contributed by atoms with E-state index in [-0.39, 0.29) is 0 Å². The second kappa shape index (κ2) is 2.98. The molecule has 0 spiro atoms. The number of hydrogen-bond donors (Lipinski definition) is 2. The quantitative estimate of drug-likeness (QED) is 0.367. The first-order valence-corrected chi connectivity index (χ1v) is 1.12. The van der Waals surface area contributed by atoms with Crippen LogP contribution < -0.4 is 10.9 Å². The fraction of sp³-hybridized carbons (Fsp3) is 1.00. The average Bonchev–Trinajstić information content (AvgIpc) is 1.37. The first kappa shape index (κ1) is 3.98. The predicted octanol–water partition coefficient (Wildman–Crippen LogP) is -1.30. The number of nitrogens with two attached hydrogens (primary N) is 1. The van der Waals surface area contributed by atoms with Crippen LogP contribution >= 0.6 is 0 Å². The van der Waals surface area contributed by atoms with Crippen molar-refractivity contribution in [3.8, 4) is 0 Å². The molecule has 0 aliphatic heterocycles. The summed E-state index contributed by atoms with van der Waals surface area (Å²) in [4.78, 5) is 0. The molecule has 0 aromatic rings. The summed E-state index contributed by atoms with van der Waals surface area (Å²) >= 11 is 0. The van der Waals surface area contributed by atoms with Crippen LogP contribution in [0.2, 0.25) is 0 Å². The maximum atomic E-state index is 4.79. The van der Waals surface area contributed by atoms with Crippen LogP contribution in [0.25, 0.3) is 0 Å². The van der Waals surface area contributed by atoms with Crippen LogP contribution in [0.5, 0.6) is 0 Å². The molecular formula is CH6BN2. The van der Waals surface area contributed by atoms with Crippen molar-refractivity contribution in [1.29, 1.82) is 0 Å². The summed E-state index contributed by atoms with van der Waals surface area (Å²) in [5, 5.41) is 2.58. The molecule has 0 saturated carbocycles. The Labute approximate surface area is 26.7 Å². The Morgan fingerprint density at radius 1 is 2.00 bits per heavy atom. The zero-order valence-corrected chi connectivity index (χ0v) is 2.65. The van der Waals surface area contributed by atoms with E-state index in [0.29, 0.717) is 0 Å². The summed E-state index contributed by atoms with van der Waals surface area (Å²) < 4.78 is 0. The summed E-state index contributed by atoms with van der Waals surface area (Å²) in [6.45, 7) is 0. The fourth-order valence-electron chi connectivity index (χ4n) is 0. The van der Waals surface area contributed by atoms with Gasteiger partial charge in [-0.05, 0) is 7.05 Å². The minimum atomic E-state index is 1.38. The zero-order chi connectivity index (χ0) is 3.41. The van der Waals surface area contributed by atoms with Crippen molar-refractivity contribution in [1.82, 2.24) is 5.23 Å². The lowest BCUT2D eigenvalue weighted by Gasteiger charge is -1.72. The fourth-order valence-corrected chi connectivity index (χ4v) is 0. The zero-order valence-electron chi connectivity index (χ0n) is 2.65. The highest BCUT2D eigenvalue weighted by molar-refractivity contribution is 6.27. The summed E-state index contributed by atoms with van der Waals surface area (Å²) in [5.41, 5.74) is 4.79. The van der Waals surface area contributed by atoms with E-state index in [1.807, 2.05) is 0 Å². The SMILES string of the molecule is CN[B]N. The Morgan fingerprint density at radius 2 is 2.25 bits per heavy atom. The normalized spacial score (nSPS) is 6.50. The summed E-state index contributed by atoms with van der Waals surface area (Å²) in [6, 6.07) is 0. The first-order chi connectivity index (χ1) is 1.91. The van der Waals surface area contributed by atoms with E-state index < -0.39 is 0 Å². The van der Waals surface area contributed by atoms with Crippen LogP contribution in [0, 0.1) is 0 Å². The molecule has 0 bridgehead atoms. The van der Waals surface area contributed by atoms with Crippen LogP contribution in [-0.4, -0.2) is 14.6 Å². The van der Waals surface area contributed by atoms with E-state index in [9.17, 15) is 0 Å². The largest absolute Gasteiger partial charge is 0.360 e. The molecule has 0 rings (SSSR count). The lowest BCUT2D eigenvalue weighted by Crippen LogP contribution is -2.21. The molecule has 0 aliphatic rings. The highest BCUT2D eigenvalue weighted by Gasteiger charge is 1.58. The summed E-state index contributed by atoms with van der Waals surface area (Å²) in [6.07, 6.45) is 0. The van der Waals surface area contributed by atoms with Gasteiger partial charge in [0, 0.05) is 0 Å². The Hall–Kier alpha value is -0.0151. The summed E-state index contributed by atoms with van der Waals surface area (Å²) in [5.74, 6) is 0. The minimum Gasteiger partial charge on any atom is -0.360 e. The second-order valence-electron chi connectivity index (χ2n) is 0.455. The van der Waals surface area contributed by atoms with Gasteiger partial charge in [-0.25, -0.2) is 0 Å². The van der Waals surface area contributed by atoms with Crippen LogP contribution in [0.15, 0.2) is 0 Å². The van der Waals surface area contributed by atoms with Crippen LogP contribution in [0.3, 0.4) is 0 Å². The van der Waals surface area contributed by atoms with E-state index in [1.165, 1.54) is 7.55 Å². The number of hydrogen-bond acceptors (Lipinski definition) is 2. The monoisotopic (exact) mass is 57.1 g/mol. The van der Waals surface area contributed by atoms with Crippen molar-refractivity contribution in [2.75, 3.05) is 7.05 Å². The van der Waals surface area contributed by atoms with Crippen molar-refractivity contribution in [3.05, 3.63) is 0 Å². The highest BCUT2D eigenvalue weighted by Crippen LogP contribution is 1.08. The van der Waals surface area contributed by atoms with Crippen LogP contribution in [-0.2, 0) is 0 Å². The third-order valence-electron chi connectivity index (χ3n) is 0.167. The van der Waals surface area contributed by atoms with E-state index in [2.05, 4.69) is 5.23 Å². The molecule has 3 N–H and O–H groups in total. The van der Waals surface area contributed by atoms with Gasteiger partial charge in [0.15, 0.2) is 0 Å². The van der Waals surface area contributed by atoms with Gasteiger partial charge in [-0.3, -0.25) is 0 Å². The van der Waals surface area contributed by atoms with Crippen molar-refractivity contribution < 1.29 is 0 Å². The van der Waals surface area contributed by atoms with E-state index in [1.54, 1.807) is 7.05 Å². The van der Waals surface area contributed by atoms with Crippen molar-refractivity contribution in [2.24, 2.45) is 5.64 Å². The molecule has 0 amide bonds. The third-order valence-corrected chi connectivity index (χ3v) is 0.167. The molecular weight excluding hydrogens is 50.8 g/mol. The molecule has 0 atom stereocenters. The number of nitrogens with one attached hydrogen (secondary N) is 1. The standard InChI is InChI=1S/CH6BN2/c1-4-2-3/h4H,3H2,1H3. The van der Waals surface area contributed by atoms with Gasteiger partial charge in [0.05, 0.1) is 0 Å². The van der Waals surface area contributed by atoms with Crippen LogP contribution in [0.1, 0.15) is 0 Å². The lowest BCUT2D eigenvalue weighted by molar-refractivity contribution is 1.23. The van der Waals surface area contributed by atoms with Gasteiger partial charge in [-0.1, -0.05) is 0 Å². The van der Waals surface area contributed by atoms with Gasteiger partial charge >= 0.3 is 7.55 Å². The smallest absolute Gasteiger partial charge is 0.304 e. The Balaban J connectivity index is 1.97. The molecule has 0 unspecified atom stereocenters. The second-order valence-corrected chi connectivity index (χ2v) is 0.455. The number of rotatable bonds is 1. The van der Waals surface area contributed by atoms with E-state index in [0.717, 1.165) is 0 Å². The molecule has 0 aromatic carbocycles. The molecule has 0 fully saturated rings. The molecule has 0 saturated heterocycles. The topological polar surface area (TPSA) is 38.0 Å². The third kappa shape index (κ3) is 1.98. The van der Waals surface area contributed by atoms with Gasteiger partial charge < -0.3 is 10.9 Å². The van der Waals surface area contributed by atoms with Crippen molar-refractivity contribution in [2.45, 2.75) is 0 Å². The first-order valence-electron chi connectivity index (χ1n) is 1.12. The maximum absolute atomic E-state index is 4.79. The Morgan fingerprint density at radius 3 is 2.25 bits per heavy atom. The maximum Gasteiger partial charge on any atom is 0.304 e. The Bertz CT molecular complexity index is 8.00. The Kier molecular flexibility index (Phi) is 2.97. The molecule has 1 radical (unpaired) electrons. The molecule has 0 heterocycles.